The second-order valence-corrected chi connectivity index (χ2v) is 6.64. The molecule has 5 heteroatoms. The van der Waals surface area contributed by atoms with Crippen molar-refractivity contribution in [3.05, 3.63) is 60.2 Å². The predicted molar refractivity (Wildman–Crippen MR) is 103 cm³/mol. The largest absolute Gasteiger partial charge is 0.490 e. The minimum Gasteiger partial charge on any atom is -0.490 e. The van der Waals surface area contributed by atoms with Crippen molar-refractivity contribution < 1.29 is 14.6 Å². The number of nitrogens with zero attached hydrogens (tertiary/aromatic N) is 2. The van der Waals surface area contributed by atoms with Gasteiger partial charge in [-0.1, -0.05) is 30.3 Å². The van der Waals surface area contributed by atoms with Gasteiger partial charge in [0, 0.05) is 38.4 Å². The van der Waals surface area contributed by atoms with Gasteiger partial charge in [-0.2, -0.15) is 0 Å². The summed E-state index contributed by atoms with van der Waals surface area (Å²) < 4.78 is 5.68. The van der Waals surface area contributed by atoms with Gasteiger partial charge in [0.25, 0.3) is 0 Å². The lowest BCUT2D eigenvalue weighted by molar-refractivity contribution is 0.0656. The molecular weight excluding hydrogens is 328 g/mol. The van der Waals surface area contributed by atoms with Gasteiger partial charge in [-0.15, -0.1) is 0 Å². The summed E-state index contributed by atoms with van der Waals surface area (Å²) in [4.78, 5) is 16.2. The minimum absolute atomic E-state index is 0.0351. The number of carbonyl (C=O) groups excluding carboxylic acids is 1. The monoisotopic (exact) mass is 354 g/mol. The third-order valence-corrected chi connectivity index (χ3v) is 4.66. The maximum absolute atomic E-state index is 11.6. The first kappa shape index (κ1) is 18.4. The van der Waals surface area contributed by atoms with Gasteiger partial charge in [-0.05, 0) is 31.2 Å². The van der Waals surface area contributed by atoms with Gasteiger partial charge in [-0.3, -0.25) is 9.69 Å². The summed E-state index contributed by atoms with van der Waals surface area (Å²) in [7, 11) is 0. The number of hydrogen-bond donors (Lipinski definition) is 1. The van der Waals surface area contributed by atoms with Crippen molar-refractivity contribution in [3.63, 3.8) is 0 Å². The molecule has 5 nitrogen and oxygen atoms in total. The van der Waals surface area contributed by atoms with E-state index in [1.165, 1.54) is 12.6 Å². The Bertz CT molecular complexity index is 712. The summed E-state index contributed by atoms with van der Waals surface area (Å²) in [5, 5.41) is 10.3. The highest BCUT2D eigenvalue weighted by molar-refractivity contribution is 5.96. The Balaban J connectivity index is 1.45. The number of aliphatic hydroxyl groups is 1. The number of ketones is 1. The van der Waals surface area contributed by atoms with E-state index < -0.39 is 6.10 Å². The number of ether oxygens (including phenoxy) is 1. The lowest BCUT2D eigenvalue weighted by Crippen LogP contribution is -2.49. The van der Waals surface area contributed by atoms with Gasteiger partial charge in [0.15, 0.2) is 5.78 Å². The Morgan fingerprint density at radius 3 is 2.38 bits per heavy atom. The second kappa shape index (κ2) is 8.83. The fourth-order valence-corrected chi connectivity index (χ4v) is 3.25. The third-order valence-electron chi connectivity index (χ3n) is 4.66. The Morgan fingerprint density at radius 1 is 1.04 bits per heavy atom. The first-order valence-electron chi connectivity index (χ1n) is 9.06. The normalized spacial score (nSPS) is 16.3. The molecule has 1 fully saturated rings. The number of para-hydroxylation sites is 2. The number of carbonyl (C=O) groups is 1. The van der Waals surface area contributed by atoms with Crippen LogP contribution in [0.25, 0.3) is 0 Å². The molecule has 0 unspecified atom stereocenters. The zero-order valence-electron chi connectivity index (χ0n) is 15.2. The molecule has 2 aromatic rings. The molecule has 138 valence electrons. The molecule has 0 aromatic heterocycles. The standard InChI is InChI=1S/C21H26N2O3/c1-17(24)20-9-5-6-10-21(20)26-16-19(25)15-22-11-13-23(14-12-22)18-7-3-2-4-8-18/h2-10,19,25H,11-16H2,1H3/t19-/m0/s1. The van der Waals surface area contributed by atoms with Crippen LogP contribution in [0.2, 0.25) is 0 Å². The maximum Gasteiger partial charge on any atom is 0.163 e. The smallest absolute Gasteiger partial charge is 0.163 e. The van der Waals surface area contributed by atoms with Gasteiger partial charge >= 0.3 is 0 Å². The van der Waals surface area contributed by atoms with E-state index in [1.807, 2.05) is 18.2 Å². The number of rotatable bonds is 7. The average Bonchev–Trinajstić information content (AvgIpc) is 2.68. The van der Waals surface area contributed by atoms with Crippen molar-refractivity contribution in [2.24, 2.45) is 0 Å². The summed E-state index contributed by atoms with van der Waals surface area (Å²) in [6.45, 7) is 6.00. The molecule has 0 spiro atoms. The molecule has 0 radical (unpaired) electrons. The molecule has 3 rings (SSSR count). The van der Waals surface area contributed by atoms with Crippen molar-refractivity contribution in [2.75, 3.05) is 44.2 Å². The first-order chi connectivity index (χ1) is 12.6. The molecule has 1 saturated heterocycles. The van der Waals surface area contributed by atoms with Crippen LogP contribution in [0.15, 0.2) is 54.6 Å². The lowest BCUT2D eigenvalue weighted by atomic mass is 10.1. The Morgan fingerprint density at radius 2 is 1.69 bits per heavy atom. The quantitative estimate of drug-likeness (QED) is 0.774. The van der Waals surface area contributed by atoms with E-state index in [9.17, 15) is 9.90 Å². The summed E-state index contributed by atoms with van der Waals surface area (Å²) in [5.41, 5.74) is 1.80. The van der Waals surface area contributed by atoms with Crippen LogP contribution in [0, 0.1) is 0 Å². The molecule has 1 atom stereocenters. The van der Waals surface area contributed by atoms with E-state index in [4.69, 9.17) is 4.74 Å². The number of Topliss-reactive ketones (excluding diaryl/α,β-unsaturated/α-hetero) is 1. The first-order valence-corrected chi connectivity index (χ1v) is 9.06. The van der Waals surface area contributed by atoms with Crippen LogP contribution in [0.1, 0.15) is 17.3 Å². The molecule has 26 heavy (non-hydrogen) atoms. The van der Waals surface area contributed by atoms with Gasteiger partial charge < -0.3 is 14.7 Å². The Kier molecular flexibility index (Phi) is 6.26. The lowest BCUT2D eigenvalue weighted by Gasteiger charge is -2.36. The van der Waals surface area contributed by atoms with Crippen LogP contribution in [-0.2, 0) is 0 Å². The molecule has 1 aliphatic heterocycles. The van der Waals surface area contributed by atoms with E-state index in [0.717, 1.165) is 26.2 Å². The van der Waals surface area contributed by atoms with Gasteiger partial charge in [0.05, 0.1) is 5.56 Å². The zero-order chi connectivity index (χ0) is 18.4. The zero-order valence-corrected chi connectivity index (χ0v) is 15.2. The van der Waals surface area contributed by atoms with Gasteiger partial charge in [0.2, 0.25) is 0 Å². The molecule has 1 N–H and O–H groups in total. The summed E-state index contributed by atoms with van der Waals surface area (Å²) in [6, 6.07) is 17.6. The number of piperazine rings is 1. The molecule has 0 aliphatic carbocycles. The van der Waals surface area contributed by atoms with Crippen molar-refractivity contribution in [1.29, 1.82) is 0 Å². The van der Waals surface area contributed by atoms with Crippen LogP contribution in [0.3, 0.4) is 0 Å². The topological polar surface area (TPSA) is 53.0 Å². The number of hydrogen-bond acceptors (Lipinski definition) is 5. The fourth-order valence-electron chi connectivity index (χ4n) is 3.25. The van der Waals surface area contributed by atoms with E-state index >= 15 is 0 Å². The maximum atomic E-state index is 11.6. The van der Waals surface area contributed by atoms with Crippen LogP contribution >= 0.6 is 0 Å². The van der Waals surface area contributed by atoms with E-state index in [2.05, 4.69) is 34.1 Å². The second-order valence-electron chi connectivity index (χ2n) is 6.64. The Hall–Kier alpha value is -2.37. The molecule has 0 amide bonds. The average molecular weight is 354 g/mol. The van der Waals surface area contributed by atoms with Crippen molar-refractivity contribution in [3.8, 4) is 5.75 Å². The van der Waals surface area contributed by atoms with Gasteiger partial charge in [0.1, 0.15) is 18.5 Å². The molecular formula is C21H26N2O3. The highest BCUT2D eigenvalue weighted by Gasteiger charge is 2.20. The number of anilines is 1. The number of aliphatic hydroxyl groups excluding tert-OH is 1. The van der Waals surface area contributed by atoms with E-state index in [-0.39, 0.29) is 12.4 Å². The predicted octanol–water partition coefficient (Wildman–Crippen LogP) is 2.45. The fraction of sp³-hybridized carbons (Fsp3) is 0.381. The SMILES string of the molecule is CC(=O)c1ccccc1OC[C@@H](O)CN1CCN(c2ccccc2)CC1. The summed E-state index contributed by atoms with van der Waals surface area (Å²) in [5.74, 6) is 0.500. The Labute approximate surface area is 154 Å². The molecule has 1 aliphatic rings. The van der Waals surface area contributed by atoms with Crippen molar-refractivity contribution in [1.82, 2.24) is 4.90 Å². The summed E-state index contributed by atoms with van der Waals surface area (Å²) >= 11 is 0. The van der Waals surface area contributed by atoms with Crippen LogP contribution in [0.4, 0.5) is 5.69 Å². The summed E-state index contributed by atoms with van der Waals surface area (Å²) in [6.07, 6.45) is -0.585. The van der Waals surface area contributed by atoms with E-state index in [0.29, 0.717) is 17.9 Å². The third kappa shape index (κ3) is 4.84. The minimum atomic E-state index is -0.585. The van der Waals surface area contributed by atoms with Crippen molar-refractivity contribution in [2.45, 2.75) is 13.0 Å². The highest BCUT2D eigenvalue weighted by Crippen LogP contribution is 2.19. The molecule has 0 bridgehead atoms. The molecule has 1 heterocycles. The van der Waals surface area contributed by atoms with Crippen LogP contribution in [-0.4, -0.2) is 61.2 Å². The van der Waals surface area contributed by atoms with Crippen molar-refractivity contribution >= 4 is 11.5 Å². The van der Waals surface area contributed by atoms with E-state index in [1.54, 1.807) is 12.1 Å². The van der Waals surface area contributed by atoms with Crippen LogP contribution < -0.4 is 9.64 Å². The molecule has 0 saturated carbocycles. The molecule has 2 aromatic carbocycles. The highest BCUT2D eigenvalue weighted by atomic mass is 16.5. The van der Waals surface area contributed by atoms with Crippen LogP contribution in [0.5, 0.6) is 5.75 Å². The number of β-amino-alcohol motifs (C(OH)–C–C–N with tert-alkyl or cyclic N) is 1. The number of benzene rings is 2. The van der Waals surface area contributed by atoms with Gasteiger partial charge in [-0.25, -0.2) is 0 Å².